The topological polar surface area (TPSA) is 130 Å². The van der Waals surface area contributed by atoms with Crippen LogP contribution in [0, 0.1) is 0 Å². The Morgan fingerprint density at radius 3 is 2.00 bits per heavy atom. The SMILES string of the molecule is CCC(CC)(NC(=O)C(N)CC(=O)O)C(=O)O. The molecule has 7 nitrogen and oxygen atoms in total. The van der Waals surface area contributed by atoms with Crippen molar-refractivity contribution in [1.82, 2.24) is 5.32 Å². The van der Waals surface area contributed by atoms with Crippen LogP contribution in [0.2, 0.25) is 0 Å². The van der Waals surface area contributed by atoms with Gasteiger partial charge in [-0.05, 0) is 12.8 Å². The molecule has 0 saturated heterocycles. The van der Waals surface area contributed by atoms with Crippen molar-refractivity contribution >= 4 is 17.8 Å². The Morgan fingerprint density at radius 1 is 1.24 bits per heavy atom. The molecule has 0 saturated carbocycles. The Labute approximate surface area is 99.0 Å². The molecular weight excluding hydrogens is 228 g/mol. The zero-order valence-corrected chi connectivity index (χ0v) is 9.90. The van der Waals surface area contributed by atoms with E-state index in [-0.39, 0.29) is 12.8 Å². The molecule has 0 aromatic carbocycles. The highest BCUT2D eigenvalue weighted by Crippen LogP contribution is 2.15. The summed E-state index contributed by atoms with van der Waals surface area (Å²) in [5.74, 6) is -3.13. The molecule has 0 heterocycles. The molecule has 0 aliphatic carbocycles. The zero-order valence-electron chi connectivity index (χ0n) is 9.90. The van der Waals surface area contributed by atoms with Gasteiger partial charge >= 0.3 is 11.9 Å². The first-order chi connectivity index (χ1) is 7.79. The Hall–Kier alpha value is -1.63. The molecule has 1 unspecified atom stereocenters. The Morgan fingerprint density at radius 2 is 1.71 bits per heavy atom. The second-order valence-corrected chi connectivity index (χ2v) is 3.79. The summed E-state index contributed by atoms with van der Waals surface area (Å²) in [6.07, 6.45) is -0.135. The van der Waals surface area contributed by atoms with Crippen molar-refractivity contribution in [3.05, 3.63) is 0 Å². The van der Waals surface area contributed by atoms with E-state index in [0.29, 0.717) is 0 Å². The molecule has 17 heavy (non-hydrogen) atoms. The van der Waals surface area contributed by atoms with Gasteiger partial charge in [-0.3, -0.25) is 9.59 Å². The smallest absolute Gasteiger partial charge is 0.329 e. The fourth-order valence-electron chi connectivity index (χ4n) is 1.39. The Kier molecular flexibility index (Phi) is 5.60. The number of nitrogens with one attached hydrogen (secondary N) is 1. The normalized spacial score (nSPS) is 12.9. The second-order valence-electron chi connectivity index (χ2n) is 3.79. The van der Waals surface area contributed by atoms with E-state index in [4.69, 9.17) is 15.9 Å². The predicted octanol–water partition coefficient (Wildman–Crippen LogP) is -0.452. The molecule has 0 radical (unpaired) electrons. The molecule has 0 aromatic heterocycles. The van der Waals surface area contributed by atoms with E-state index in [1.165, 1.54) is 0 Å². The van der Waals surface area contributed by atoms with Gasteiger partial charge in [0, 0.05) is 0 Å². The molecule has 0 spiro atoms. The van der Waals surface area contributed by atoms with Gasteiger partial charge in [0.25, 0.3) is 0 Å². The highest BCUT2D eigenvalue weighted by Gasteiger charge is 2.37. The number of hydrogen-bond acceptors (Lipinski definition) is 4. The minimum atomic E-state index is -1.38. The van der Waals surface area contributed by atoms with Gasteiger partial charge in [-0.1, -0.05) is 13.8 Å². The Balaban J connectivity index is 4.72. The van der Waals surface area contributed by atoms with Crippen molar-refractivity contribution in [2.45, 2.75) is 44.7 Å². The number of amides is 1. The minimum Gasteiger partial charge on any atom is -0.481 e. The summed E-state index contributed by atoms with van der Waals surface area (Å²) in [6, 6.07) is -1.25. The fourth-order valence-corrected chi connectivity index (χ4v) is 1.39. The largest absolute Gasteiger partial charge is 0.481 e. The lowest BCUT2D eigenvalue weighted by molar-refractivity contribution is -0.148. The lowest BCUT2D eigenvalue weighted by atomic mass is 9.92. The maximum Gasteiger partial charge on any atom is 0.329 e. The number of hydrogen-bond donors (Lipinski definition) is 4. The molecule has 1 atom stereocenters. The number of carboxylic acids is 2. The van der Waals surface area contributed by atoms with Crippen LogP contribution in [0.1, 0.15) is 33.1 Å². The number of rotatable bonds is 7. The summed E-state index contributed by atoms with van der Waals surface area (Å²) < 4.78 is 0. The molecule has 0 aliphatic heterocycles. The molecular formula is C10H18N2O5. The van der Waals surface area contributed by atoms with Crippen LogP contribution < -0.4 is 11.1 Å². The monoisotopic (exact) mass is 246 g/mol. The van der Waals surface area contributed by atoms with Gasteiger partial charge in [0.2, 0.25) is 5.91 Å². The van der Waals surface area contributed by atoms with E-state index in [1.807, 2.05) is 0 Å². The Bertz CT molecular complexity index is 312. The first-order valence-corrected chi connectivity index (χ1v) is 5.31. The fraction of sp³-hybridized carbons (Fsp3) is 0.700. The van der Waals surface area contributed by atoms with Gasteiger partial charge < -0.3 is 21.3 Å². The molecule has 0 aromatic rings. The molecule has 7 heteroatoms. The third-order valence-corrected chi connectivity index (χ3v) is 2.71. The number of carboxylic acid groups (broad SMARTS) is 2. The van der Waals surface area contributed by atoms with Gasteiger partial charge in [0.1, 0.15) is 5.54 Å². The first kappa shape index (κ1) is 15.4. The van der Waals surface area contributed by atoms with Gasteiger partial charge in [-0.25, -0.2) is 4.79 Å². The third kappa shape index (κ3) is 4.03. The van der Waals surface area contributed by atoms with Crippen LogP contribution >= 0.6 is 0 Å². The van der Waals surface area contributed by atoms with Crippen molar-refractivity contribution in [2.24, 2.45) is 5.73 Å². The van der Waals surface area contributed by atoms with E-state index >= 15 is 0 Å². The first-order valence-electron chi connectivity index (χ1n) is 5.31. The van der Waals surface area contributed by atoms with E-state index in [9.17, 15) is 14.4 Å². The summed E-state index contributed by atoms with van der Waals surface area (Å²) in [6.45, 7) is 3.25. The summed E-state index contributed by atoms with van der Waals surface area (Å²) in [5.41, 5.74) is 3.97. The molecule has 98 valence electrons. The van der Waals surface area contributed by atoms with Crippen LogP contribution in [0.5, 0.6) is 0 Å². The van der Waals surface area contributed by atoms with Gasteiger partial charge in [0.05, 0.1) is 12.5 Å². The van der Waals surface area contributed by atoms with Crippen LogP contribution in [0.15, 0.2) is 0 Å². The number of nitrogens with two attached hydrogens (primary N) is 1. The van der Waals surface area contributed by atoms with Gasteiger partial charge in [0.15, 0.2) is 0 Å². The van der Waals surface area contributed by atoms with Crippen LogP contribution in [0.25, 0.3) is 0 Å². The number of carbonyl (C=O) groups excluding carboxylic acids is 1. The van der Waals surface area contributed by atoms with Crippen LogP contribution in [0.4, 0.5) is 0 Å². The van der Waals surface area contributed by atoms with E-state index in [2.05, 4.69) is 5.32 Å². The molecule has 0 aliphatic rings. The minimum absolute atomic E-state index is 0.199. The highest BCUT2D eigenvalue weighted by atomic mass is 16.4. The average molecular weight is 246 g/mol. The summed E-state index contributed by atoms with van der Waals surface area (Å²) >= 11 is 0. The van der Waals surface area contributed by atoms with E-state index < -0.39 is 35.8 Å². The summed E-state index contributed by atoms with van der Waals surface area (Å²) in [4.78, 5) is 33.0. The van der Waals surface area contributed by atoms with E-state index in [0.717, 1.165) is 0 Å². The van der Waals surface area contributed by atoms with Gasteiger partial charge in [-0.15, -0.1) is 0 Å². The van der Waals surface area contributed by atoms with Crippen molar-refractivity contribution in [1.29, 1.82) is 0 Å². The third-order valence-electron chi connectivity index (χ3n) is 2.71. The van der Waals surface area contributed by atoms with Crippen LogP contribution in [-0.2, 0) is 14.4 Å². The lowest BCUT2D eigenvalue weighted by Gasteiger charge is -2.29. The van der Waals surface area contributed by atoms with Crippen LogP contribution in [0.3, 0.4) is 0 Å². The maximum atomic E-state index is 11.6. The molecule has 0 fully saturated rings. The predicted molar refractivity (Wildman–Crippen MR) is 59.3 cm³/mol. The number of carbonyl (C=O) groups is 3. The molecule has 1 amide bonds. The maximum absolute atomic E-state index is 11.6. The summed E-state index contributed by atoms with van der Waals surface area (Å²) in [5, 5.41) is 19.9. The van der Waals surface area contributed by atoms with E-state index in [1.54, 1.807) is 13.8 Å². The lowest BCUT2D eigenvalue weighted by Crippen LogP contribution is -2.57. The van der Waals surface area contributed by atoms with Gasteiger partial charge in [-0.2, -0.15) is 0 Å². The zero-order chi connectivity index (χ0) is 13.6. The van der Waals surface area contributed by atoms with Crippen molar-refractivity contribution in [2.75, 3.05) is 0 Å². The molecule has 5 N–H and O–H groups in total. The quantitative estimate of drug-likeness (QED) is 0.481. The molecule has 0 bridgehead atoms. The standard InChI is InChI=1S/C10H18N2O5/c1-3-10(4-2,9(16)17)12-8(15)6(11)5-7(13)14/h6H,3-5,11H2,1-2H3,(H,12,15)(H,13,14)(H,16,17). The van der Waals surface area contributed by atoms with Crippen molar-refractivity contribution < 1.29 is 24.6 Å². The number of aliphatic carboxylic acids is 2. The van der Waals surface area contributed by atoms with Crippen LogP contribution in [-0.4, -0.2) is 39.6 Å². The second kappa shape index (κ2) is 6.19. The molecule has 0 rings (SSSR count). The average Bonchev–Trinajstić information content (AvgIpc) is 2.24. The summed E-state index contributed by atoms with van der Waals surface area (Å²) in [7, 11) is 0. The van der Waals surface area contributed by atoms with Crippen molar-refractivity contribution in [3.63, 3.8) is 0 Å². The van der Waals surface area contributed by atoms with Crippen molar-refractivity contribution in [3.8, 4) is 0 Å². The highest BCUT2D eigenvalue weighted by molar-refractivity contribution is 5.91.